The van der Waals surface area contributed by atoms with Gasteiger partial charge in [-0.1, -0.05) is 47.0 Å². The minimum absolute atomic E-state index is 0.407. The lowest BCUT2D eigenvalue weighted by Gasteiger charge is -2.48. The van der Waals surface area contributed by atoms with E-state index in [1.165, 1.54) is 57.9 Å². The molecule has 0 atom stereocenters. The molecule has 2 fully saturated rings. The van der Waals surface area contributed by atoms with Crippen molar-refractivity contribution in [2.24, 2.45) is 10.8 Å². The van der Waals surface area contributed by atoms with Gasteiger partial charge in [0.2, 0.25) is 0 Å². The molecule has 0 saturated heterocycles. The van der Waals surface area contributed by atoms with Crippen LogP contribution in [0.1, 0.15) is 79.1 Å². The lowest BCUT2D eigenvalue weighted by atomic mass is 9.63. The summed E-state index contributed by atoms with van der Waals surface area (Å²) < 4.78 is 0. The van der Waals surface area contributed by atoms with Crippen LogP contribution in [0, 0.1) is 10.8 Å². The molecule has 0 unspecified atom stereocenters. The smallest absolute Gasteiger partial charge is 0.0327 e. The maximum Gasteiger partial charge on any atom is 0.0327 e. The van der Waals surface area contributed by atoms with Crippen molar-refractivity contribution in [2.45, 2.75) is 90.6 Å². The van der Waals surface area contributed by atoms with E-state index in [9.17, 15) is 0 Å². The van der Waals surface area contributed by atoms with Gasteiger partial charge in [-0.15, -0.1) is 0 Å². The maximum absolute atomic E-state index is 3.98. The minimum Gasteiger partial charge on any atom is -0.312 e. The van der Waals surface area contributed by atoms with Crippen LogP contribution in [0.25, 0.3) is 0 Å². The molecule has 2 nitrogen and oxygen atoms in total. The molecular formula is C19H38N2. The molecule has 2 heteroatoms. The molecule has 1 N–H and O–H groups in total. The molecule has 0 amide bonds. The summed E-state index contributed by atoms with van der Waals surface area (Å²) in [5, 5.41) is 3.98. The van der Waals surface area contributed by atoms with E-state index in [1.807, 2.05) is 0 Å². The Labute approximate surface area is 133 Å². The second kappa shape index (κ2) is 6.20. The first kappa shape index (κ1) is 17.3. The summed E-state index contributed by atoms with van der Waals surface area (Å²) in [5.74, 6) is 0. The van der Waals surface area contributed by atoms with Gasteiger partial charge >= 0.3 is 0 Å². The quantitative estimate of drug-likeness (QED) is 0.824. The van der Waals surface area contributed by atoms with Crippen molar-refractivity contribution in [1.82, 2.24) is 10.2 Å². The summed E-state index contributed by atoms with van der Waals surface area (Å²) in [6.07, 6.45) is 11.0. The van der Waals surface area contributed by atoms with Crippen molar-refractivity contribution in [1.29, 1.82) is 0 Å². The fourth-order valence-electron chi connectivity index (χ4n) is 5.32. The summed E-state index contributed by atoms with van der Waals surface area (Å²) in [6.45, 7) is 11.0. The SMILES string of the molecule is CN(C)C1(CNC2CC(C)(C)CC(C)(C)C2)CCCCC1. The lowest BCUT2D eigenvalue weighted by Crippen LogP contribution is -2.56. The van der Waals surface area contributed by atoms with Crippen LogP contribution in [-0.2, 0) is 0 Å². The Balaban J connectivity index is 1.97. The maximum atomic E-state index is 3.98. The molecule has 21 heavy (non-hydrogen) atoms. The van der Waals surface area contributed by atoms with E-state index in [2.05, 4.69) is 52.0 Å². The molecule has 0 spiro atoms. The number of hydrogen-bond donors (Lipinski definition) is 1. The van der Waals surface area contributed by atoms with Crippen LogP contribution < -0.4 is 5.32 Å². The normalized spacial score (nSPS) is 28.7. The van der Waals surface area contributed by atoms with E-state index >= 15 is 0 Å². The topological polar surface area (TPSA) is 15.3 Å². The van der Waals surface area contributed by atoms with Gasteiger partial charge in [-0.25, -0.2) is 0 Å². The van der Waals surface area contributed by atoms with Crippen LogP contribution in [0.5, 0.6) is 0 Å². The average Bonchev–Trinajstić information content (AvgIpc) is 2.33. The van der Waals surface area contributed by atoms with E-state index in [-0.39, 0.29) is 0 Å². The molecule has 2 aliphatic carbocycles. The summed E-state index contributed by atoms with van der Waals surface area (Å²) in [6, 6.07) is 0.697. The summed E-state index contributed by atoms with van der Waals surface area (Å²) >= 11 is 0. The van der Waals surface area contributed by atoms with Gasteiger partial charge in [0.25, 0.3) is 0 Å². The Hall–Kier alpha value is -0.0800. The van der Waals surface area contributed by atoms with Crippen molar-refractivity contribution in [3.05, 3.63) is 0 Å². The molecule has 2 aliphatic rings. The molecule has 2 rings (SSSR count). The van der Waals surface area contributed by atoms with Crippen LogP contribution in [0.2, 0.25) is 0 Å². The Morgan fingerprint density at radius 1 is 0.905 bits per heavy atom. The summed E-state index contributed by atoms with van der Waals surface area (Å²) in [7, 11) is 4.56. The molecule has 0 radical (unpaired) electrons. The molecular weight excluding hydrogens is 256 g/mol. The molecule has 124 valence electrons. The van der Waals surface area contributed by atoms with E-state index in [1.54, 1.807) is 0 Å². The van der Waals surface area contributed by atoms with Crippen LogP contribution in [0.3, 0.4) is 0 Å². The zero-order valence-electron chi connectivity index (χ0n) is 15.4. The van der Waals surface area contributed by atoms with Crippen molar-refractivity contribution < 1.29 is 0 Å². The first-order chi connectivity index (χ1) is 9.64. The van der Waals surface area contributed by atoms with Crippen molar-refractivity contribution in [3.8, 4) is 0 Å². The van der Waals surface area contributed by atoms with Crippen LogP contribution >= 0.6 is 0 Å². The third-order valence-corrected chi connectivity index (χ3v) is 6.01. The second-order valence-corrected chi connectivity index (χ2v) is 9.67. The number of nitrogens with zero attached hydrogens (tertiary/aromatic N) is 1. The number of nitrogens with one attached hydrogen (secondary N) is 1. The minimum atomic E-state index is 0.407. The Morgan fingerprint density at radius 3 is 1.90 bits per heavy atom. The van der Waals surface area contributed by atoms with Crippen LogP contribution in [-0.4, -0.2) is 37.1 Å². The Bertz CT molecular complexity index is 321. The van der Waals surface area contributed by atoms with Gasteiger partial charge in [-0.05, 0) is 57.0 Å². The van der Waals surface area contributed by atoms with Crippen molar-refractivity contribution >= 4 is 0 Å². The Kier molecular flexibility index (Phi) is 5.10. The number of hydrogen-bond acceptors (Lipinski definition) is 2. The van der Waals surface area contributed by atoms with E-state index in [0.29, 0.717) is 22.4 Å². The zero-order valence-corrected chi connectivity index (χ0v) is 15.4. The zero-order chi connectivity index (χ0) is 15.7. The van der Waals surface area contributed by atoms with Crippen molar-refractivity contribution in [2.75, 3.05) is 20.6 Å². The summed E-state index contributed by atoms with van der Waals surface area (Å²) in [5.41, 5.74) is 1.37. The predicted molar refractivity (Wildman–Crippen MR) is 92.7 cm³/mol. The van der Waals surface area contributed by atoms with E-state index in [0.717, 1.165) is 0 Å². The molecule has 0 aromatic heterocycles. The lowest BCUT2D eigenvalue weighted by molar-refractivity contribution is 0.0594. The van der Waals surface area contributed by atoms with Gasteiger partial charge in [-0.3, -0.25) is 0 Å². The average molecular weight is 295 g/mol. The van der Waals surface area contributed by atoms with E-state index in [4.69, 9.17) is 0 Å². The highest BCUT2D eigenvalue weighted by molar-refractivity contribution is 4.97. The molecule has 0 aromatic carbocycles. The summed E-state index contributed by atoms with van der Waals surface area (Å²) in [4.78, 5) is 2.50. The molecule has 0 aliphatic heterocycles. The molecule has 0 bridgehead atoms. The Morgan fingerprint density at radius 2 is 1.43 bits per heavy atom. The van der Waals surface area contributed by atoms with Gasteiger partial charge in [0.15, 0.2) is 0 Å². The predicted octanol–water partition coefficient (Wildman–Crippen LogP) is 4.45. The third kappa shape index (κ3) is 4.45. The molecule has 0 heterocycles. The number of likely N-dealkylation sites (N-methyl/N-ethyl adjacent to an activating group) is 1. The highest BCUT2D eigenvalue weighted by Gasteiger charge is 2.40. The van der Waals surface area contributed by atoms with Gasteiger partial charge in [0.05, 0.1) is 0 Å². The van der Waals surface area contributed by atoms with Gasteiger partial charge in [0.1, 0.15) is 0 Å². The fraction of sp³-hybridized carbons (Fsp3) is 1.00. The van der Waals surface area contributed by atoms with Crippen molar-refractivity contribution in [3.63, 3.8) is 0 Å². The molecule has 0 aromatic rings. The monoisotopic (exact) mass is 294 g/mol. The first-order valence-corrected chi connectivity index (χ1v) is 9.05. The van der Waals surface area contributed by atoms with Crippen LogP contribution in [0.4, 0.5) is 0 Å². The highest BCUT2D eigenvalue weighted by atomic mass is 15.2. The highest BCUT2D eigenvalue weighted by Crippen LogP contribution is 2.45. The van der Waals surface area contributed by atoms with Crippen LogP contribution in [0.15, 0.2) is 0 Å². The largest absolute Gasteiger partial charge is 0.312 e. The van der Waals surface area contributed by atoms with E-state index < -0.39 is 0 Å². The second-order valence-electron chi connectivity index (χ2n) is 9.67. The van der Waals surface area contributed by atoms with Gasteiger partial charge in [0, 0.05) is 18.1 Å². The fourth-order valence-corrected chi connectivity index (χ4v) is 5.32. The van der Waals surface area contributed by atoms with Gasteiger partial charge < -0.3 is 10.2 Å². The third-order valence-electron chi connectivity index (χ3n) is 6.01. The van der Waals surface area contributed by atoms with Gasteiger partial charge in [-0.2, -0.15) is 0 Å². The first-order valence-electron chi connectivity index (χ1n) is 9.05. The number of rotatable bonds is 4. The standard InChI is InChI=1S/C19H38N2/c1-17(2)12-16(13-18(3,4)14-17)20-15-19(21(5)6)10-8-7-9-11-19/h16,20H,7-15H2,1-6H3. The molecule has 2 saturated carbocycles.